The highest BCUT2D eigenvalue weighted by atomic mass is 16.5. The quantitative estimate of drug-likeness (QED) is 0.900. The second-order valence-electron chi connectivity index (χ2n) is 8.11. The van der Waals surface area contributed by atoms with Gasteiger partial charge in [-0.15, -0.1) is 0 Å². The van der Waals surface area contributed by atoms with E-state index in [1.807, 2.05) is 12.3 Å². The minimum atomic E-state index is -0.329. The lowest BCUT2D eigenvalue weighted by atomic mass is 9.73. The summed E-state index contributed by atoms with van der Waals surface area (Å²) in [5.41, 5.74) is 3.30. The molecule has 0 spiro atoms. The van der Waals surface area contributed by atoms with Crippen LogP contribution in [0.1, 0.15) is 48.4 Å². The molecule has 1 amide bonds. The van der Waals surface area contributed by atoms with Gasteiger partial charge in [-0.25, -0.2) is 0 Å². The number of hydrogen-bond donors (Lipinski definition) is 1. The number of ether oxygens (including phenoxy) is 1. The number of nitrogens with one attached hydrogen (secondary N) is 1. The van der Waals surface area contributed by atoms with Crippen LogP contribution in [-0.4, -0.2) is 47.3 Å². The van der Waals surface area contributed by atoms with E-state index in [2.05, 4.69) is 46.3 Å². The zero-order valence-electron chi connectivity index (χ0n) is 16.1. The Morgan fingerprint density at radius 1 is 1.30 bits per heavy atom. The molecule has 2 aliphatic heterocycles. The fourth-order valence-corrected chi connectivity index (χ4v) is 4.72. The molecule has 5 heteroatoms. The molecule has 5 nitrogen and oxygen atoms in total. The Balaban J connectivity index is 1.55. The van der Waals surface area contributed by atoms with Crippen molar-refractivity contribution in [3.05, 3.63) is 53.3 Å². The number of benzene rings is 1. The number of piperidine rings is 1. The monoisotopic (exact) mass is 367 g/mol. The molecule has 0 aliphatic carbocycles. The van der Waals surface area contributed by atoms with Crippen LogP contribution in [0.4, 0.5) is 0 Å². The van der Waals surface area contributed by atoms with Crippen LogP contribution in [0.3, 0.4) is 0 Å². The number of aromatic amines is 1. The first-order valence-electron chi connectivity index (χ1n) is 10.1. The van der Waals surface area contributed by atoms with Crippen LogP contribution in [0.5, 0.6) is 0 Å². The van der Waals surface area contributed by atoms with Crippen LogP contribution in [-0.2, 0) is 16.0 Å². The van der Waals surface area contributed by atoms with E-state index >= 15 is 0 Å². The van der Waals surface area contributed by atoms with E-state index in [4.69, 9.17) is 4.74 Å². The van der Waals surface area contributed by atoms with Crippen LogP contribution < -0.4 is 0 Å². The summed E-state index contributed by atoms with van der Waals surface area (Å²) >= 11 is 0. The highest BCUT2D eigenvalue weighted by Gasteiger charge is 2.43. The molecular weight excluding hydrogens is 338 g/mol. The number of carbonyl (C=O) groups excluding carboxylic acids is 1. The minimum absolute atomic E-state index is 0.316. The van der Waals surface area contributed by atoms with Gasteiger partial charge in [-0.3, -0.25) is 9.89 Å². The lowest BCUT2D eigenvalue weighted by Gasteiger charge is -2.42. The van der Waals surface area contributed by atoms with Gasteiger partial charge in [-0.1, -0.05) is 30.3 Å². The van der Waals surface area contributed by atoms with Gasteiger partial charge in [0.05, 0.1) is 11.6 Å². The number of amides is 1. The molecule has 27 heavy (non-hydrogen) atoms. The second-order valence-corrected chi connectivity index (χ2v) is 8.11. The third-order valence-electron chi connectivity index (χ3n) is 6.27. The van der Waals surface area contributed by atoms with Crippen LogP contribution in [0.2, 0.25) is 0 Å². The maximum Gasteiger partial charge on any atom is 0.229 e. The summed E-state index contributed by atoms with van der Waals surface area (Å²) < 4.78 is 5.61. The van der Waals surface area contributed by atoms with Gasteiger partial charge in [0.15, 0.2) is 0 Å². The molecule has 0 unspecified atom stereocenters. The van der Waals surface area contributed by atoms with Crippen LogP contribution in [0.25, 0.3) is 0 Å². The van der Waals surface area contributed by atoms with Crippen molar-refractivity contribution in [2.45, 2.75) is 44.9 Å². The number of rotatable bonds is 4. The summed E-state index contributed by atoms with van der Waals surface area (Å²) in [6.07, 6.45) is 6.47. The van der Waals surface area contributed by atoms with Crippen molar-refractivity contribution >= 4 is 5.91 Å². The third-order valence-corrected chi connectivity index (χ3v) is 6.27. The first-order valence-corrected chi connectivity index (χ1v) is 10.1. The zero-order chi connectivity index (χ0) is 18.7. The van der Waals surface area contributed by atoms with Gasteiger partial charge in [-0.05, 0) is 50.2 Å². The number of H-pyrrole nitrogens is 1. The summed E-state index contributed by atoms with van der Waals surface area (Å²) in [5, 5.41) is 7.34. The molecular formula is C22H29N3O2. The van der Waals surface area contributed by atoms with Crippen molar-refractivity contribution in [3.63, 3.8) is 0 Å². The van der Waals surface area contributed by atoms with Crippen LogP contribution in [0.15, 0.2) is 36.5 Å². The maximum absolute atomic E-state index is 13.7. The Morgan fingerprint density at radius 3 is 2.78 bits per heavy atom. The molecule has 2 saturated heterocycles. The Bertz CT molecular complexity index is 765. The van der Waals surface area contributed by atoms with Crippen molar-refractivity contribution in [2.75, 3.05) is 26.3 Å². The first-order chi connectivity index (χ1) is 13.2. The summed E-state index contributed by atoms with van der Waals surface area (Å²) in [7, 11) is 0. The smallest absolute Gasteiger partial charge is 0.229 e. The number of likely N-dealkylation sites (tertiary alicyclic amines) is 1. The molecule has 144 valence electrons. The van der Waals surface area contributed by atoms with Gasteiger partial charge < -0.3 is 9.64 Å². The number of carbonyl (C=O) groups is 1. The number of aryl methyl sites for hydroxylation is 1. The standard InChI is InChI=1S/C22H29N3O2/c1-17-15-23-24-20(17)19-8-5-11-25(16-19)21(26)22(9-12-27-13-10-22)14-18-6-3-2-4-7-18/h2-4,6-7,15,19H,5,8-14,16H2,1H3,(H,23,24)/t19-/m1/s1. The Morgan fingerprint density at radius 2 is 2.07 bits per heavy atom. The molecule has 2 aromatic rings. The molecule has 2 aliphatic rings. The minimum Gasteiger partial charge on any atom is -0.381 e. The summed E-state index contributed by atoms with van der Waals surface area (Å²) in [6, 6.07) is 10.4. The lowest BCUT2D eigenvalue weighted by Crippen LogP contribution is -2.51. The number of aromatic nitrogens is 2. The summed E-state index contributed by atoms with van der Waals surface area (Å²) in [6.45, 7) is 5.10. The van der Waals surface area contributed by atoms with Crippen molar-refractivity contribution in [1.29, 1.82) is 0 Å². The molecule has 2 fully saturated rings. The van der Waals surface area contributed by atoms with Crippen molar-refractivity contribution in [1.82, 2.24) is 15.1 Å². The molecule has 1 N–H and O–H groups in total. The van der Waals surface area contributed by atoms with Crippen molar-refractivity contribution < 1.29 is 9.53 Å². The van der Waals surface area contributed by atoms with Gasteiger partial charge in [-0.2, -0.15) is 5.10 Å². The zero-order valence-corrected chi connectivity index (χ0v) is 16.1. The van der Waals surface area contributed by atoms with Gasteiger partial charge >= 0.3 is 0 Å². The SMILES string of the molecule is Cc1cn[nH]c1[C@@H]1CCCN(C(=O)C2(Cc3ccccc3)CCOCC2)C1. The van der Waals surface area contributed by atoms with E-state index in [0.29, 0.717) is 25.0 Å². The molecule has 3 heterocycles. The van der Waals surface area contributed by atoms with E-state index in [1.165, 1.54) is 16.8 Å². The van der Waals surface area contributed by atoms with Crippen LogP contribution in [0, 0.1) is 12.3 Å². The fourth-order valence-electron chi connectivity index (χ4n) is 4.72. The van der Waals surface area contributed by atoms with Gasteiger partial charge in [0.2, 0.25) is 5.91 Å². The maximum atomic E-state index is 13.7. The fraction of sp³-hybridized carbons (Fsp3) is 0.545. The molecule has 1 aromatic carbocycles. The second kappa shape index (κ2) is 7.85. The van der Waals surface area contributed by atoms with Crippen molar-refractivity contribution in [3.8, 4) is 0 Å². The largest absolute Gasteiger partial charge is 0.381 e. The molecule has 0 saturated carbocycles. The van der Waals surface area contributed by atoms with E-state index < -0.39 is 0 Å². The van der Waals surface area contributed by atoms with E-state index in [1.54, 1.807) is 0 Å². The number of nitrogens with zero attached hydrogens (tertiary/aromatic N) is 2. The van der Waals surface area contributed by atoms with E-state index in [-0.39, 0.29) is 5.41 Å². The Kier molecular flexibility index (Phi) is 5.30. The highest BCUT2D eigenvalue weighted by molar-refractivity contribution is 5.83. The summed E-state index contributed by atoms with van der Waals surface area (Å²) in [5.74, 6) is 0.676. The third kappa shape index (κ3) is 3.79. The Hall–Kier alpha value is -2.14. The molecule has 0 radical (unpaired) electrons. The summed E-state index contributed by atoms with van der Waals surface area (Å²) in [4.78, 5) is 15.8. The first kappa shape index (κ1) is 18.2. The predicted octanol–water partition coefficient (Wildman–Crippen LogP) is 3.46. The Labute approximate surface area is 161 Å². The molecule has 1 aromatic heterocycles. The van der Waals surface area contributed by atoms with E-state index in [0.717, 1.165) is 45.2 Å². The average Bonchev–Trinajstić information content (AvgIpc) is 3.15. The normalized spacial score (nSPS) is 22.6. The average molecular weight is 367 g/mol. The number of hydrogen-bond acceptors (Lipinski definition) is 3. The van der Waals surface area contributed by atoms with Crippen LogP contribution >= 0.6 is 0 Å². The molecule has 4 rings (SSSR count). The van der Waals surface area contributed by atoms with Crippen molar-refractivity contribution in [2.24, 2.45) is 5.41 Å². The van der Waals surface area contributed by atoms with Gasteiger partial charge in [0.25, 0.3) is 0 Å². The predicted molar refractivity (Wildman–Crippen MR) is 105 cm³/mol. The highest BCUT2D eigenvalue weighted by Crippen LogP contribution is 2.38. The molecule has 1 atom stereocenters. The molecule has 0 bridgehead atoms. The van der Waals surface area contributed by atoms with Gasteiger partial charge in [0, 0.05) is 37.9 Å². The van der Waals surface area contributed by atoms with Gasteiger partial charge in [0.1, 0.15) is 0 Å². The van der Waals surface area contributed by atoms with E-state index in [9.17, 15) is 4.79 Å². The lowest BCUT2D eigenvalue weighted by molar-refractivity contribution is -0.149. The topological polar surface area (TPSA) is 58.2 Å².